The molecule has 1 heterocycles. The summed E-state index contributed by atoms with van der Waals surface area (Å²) in [6.07, 6.45) is 4.59. The zero-order valence-corrected chi connectivity index (χ0v) is 13.3. The molecule has 3 rings (SSSR count). The van der Waals surface area contributed by atoms with Gasteiger partial charge in [-0.3, -0.25) is 0 Å². The summed E-state index contributed by atoms with van der Waals surface area (Å²) in [5.74, 6) is 0. The fraction of sp³-hybridized carbons (Fsp3) is 0.158. The number of nitrogens with zero attached hydrogens (tertiary/aromatic N) is 2. The average Bonchev–Trinajstić information content (AvgIpc) is 3.14. The van der Waals surface area contributed by atoms with E-state index >= 15 is 0 Å². The molecule has 0 bridgehead atoms. The number of anilines is 2. The molecule has 24 heavy (non-hydrogen) atoms. The van der Waals surface area contributed by atoms with Gasteiger partial charge in [0.2, 0.25) is 0 Å². The summed E-state index contributed by atoms with van der Waals surface area (Å²) in [6.45, 7) is 0.355. The summed E-state index contributed by atoms with van der Waals surface area (Å²) >= 11 is 0. The van der Waals surface area contributed by atoms with Gasteiger partial charge in [-0.1, -0.05) is 36.4 Å². The number of imidazole rings is 1. The standard InChI is InChI=1S/C19H19N3O2/c23-19(24-13-7-8-16-14-20-15-21-16)22(17-9-3-1-4-10-17)18-11-5-2-6-12-18/h1-6,9-12,14-15H,7-8,13H2,(H,20,21). The molecule has 0 aliphatic rings. The normalized spacial score (nSPS) is 10.3. The Morgan fingerprint density at radius 1 is 1.00 bits per heavy atom. The van der Waals surface area contributed by atoms with Gasteiger partial charge in [0.15, 0.2) is 0 Å². The Kier molecular flexibility index (Phi) is 5.24. The minimum absolute atomic E-state index is 0.355. The van der Waals surface area contributed by atoms with Crippen LogP contribution in [0.3, 0.4) is 0 Å². The third-order valence-corrected chi connectivity index (χ3v) is 3.58. The fourth-order valence-corrected chi connectivity index (χ4v) is 2.42. The maximum absolute atomic E-state index is 12.6. The molecule has 2 aromatic carbocycles. The zero-order valence-electron chi connectivity index (χ0n) is 13.3. The Labute approximate surface area is 140 Å². The van der Waals surface area contributed by atoms with E-state index in [1.165, 1.54) is 0 Å². The van der Waals surface area contributed by atoms with Gasteiger partial charge >= 0.3 is 6.09 Å². The Balaban J connectivity index is 1.65. The average molecular weight is 321 g/mol. The molecule has 0 aliphatic carbocycles. The van der Waals surface area contributed by atoms with Crippen molar-refractivity contribution in [1.82, 2.24) is 9.97 Å². The Morgan fingerprint density at radius 2 is 1.62 bits per heavy atom. The highest BCUT2D eigenvalue weighted by atomic mass is 16.6. The number of aromatic nitrogens is 2. The van der Waals surface area contributed by atoms with E-state index in [1.54, 1.807) is 17.4 Å². The monoisotopic (exact) mass is 321 g/mol. The van der Waals surface area contributed by atoms with Crippen LogP contribution in [-0.4, -0.2) is 22.7 Å². The summed E-state index contributed by atoms with van der Waals surface area (Å²) < 4.78 is 5.46. The number of H-pyrrole nitrogens is 1. The van der Waals surface area contributed by atoms with Crippen molar-refractivity contribution >= 4 is 17.5 Å². The molecule has 5 heteroatoms. The van der Waals surface area contributed by atoms with Crippen molar-refractivity contribution in [3.63, 3.8) is 0 Å². The van der Waals surface area contributed by atoms with Crippen LogP contribution in [0.25, 0.3) is 0 Å². The molecular formula is C19H19N3O2. The van der Waals surface area contributed by atoms with Gasteiger partial charge in [0.05, 0.1) is 24.3 Å². The van der Waals surface area contributed by atoms with E-state index in [-0.39, 0.29) is 6.09 Å². The van der Waals surface area contributed by atoms with E-state index in [4.69, 9.17) is 4.74 Å². The molecule has 1 N–H and O–H groups in total. The number of carbonyl (C=O) groups excluding carboxylic acids is 1. The van der Waals surface area contributed by atoms with Crippen LogP contribution in [0.1, 0.15) is 12.1 Å². The largest absolute Gasteiger partial charge is 0.449 e. The van der Waals surface area contributed by atoms with Gasteiger partial charge in [-0.15, -0.1) is 0 Å². The number of aromatic amines is 1. The first-order valence-corrected chi connectivity index (χ1v) is 7.89. The molecule has 0 unspecified atom stereocenters. The van der Waals surface area contributed by atoms with Crippen molar-refractivity contribution in [2.24, 2.45) is 0 Å². The highest BCUT2D eigenvalue weighted by Gasteiger charge is 2.18. The Bertz CT molecular complexity index is 703. The SMILES string of the molecule is O=C(OCCCc1cnc[nH]1)N(c1ccccc1)c1ccccc1. The predicted octanol–water partition coefficient (Wildman–Crippen LogP) is 4.32. The van der Waals surface area contributed by atoms with Crippen LogP contribution in [0.4, 0.5) is 16.2 Å². The van der Waals surface area contributed by atoms with Crippen LogP contribution >= 0.6 is 0 Å². The zero-order chi connectivity index (χ0) is 16.6. The Hall–Kier alpha value is -3.08. The van der Waals surface area contributed by atoms with Crippen LogP contribution in [0, 0.1) is 0 Å². The molecule has 3 aromatic rings. The van der Waals surface area contributed by atoms with Gasteiger partial charge in [-0.05, 0) is 37.1 Å². The maximum atomic E-state index is 12.6. The summed E-state index contributed by atoms with van der Waals surface area (Å²) in [5, 5.41) is 0. The van der Waals surface area contributed by atoms with Gasteiger partial charge < -0.3 is 9.72 Å². The second kappa shape index (κ2) is 7.97. The lowest BCUT2D eigenvalue weighted by Gasteiger charge is -2.22. The number of ether oxygens (including phenoxy) is 1. The van der Waals surface area contributed by atoms with Gasteiger partial charge in [0.1, 0.15) is 0 Å². The number of aryl methyl sites for hydroxylation is 1. The van der Waals surface area contributed by atoms with E-state index in [0.717, 1.165) is 29.9 Å². The van der Waals surface area contributed by atoms with Gasteiger partial charge in [0.25, 0.3) is 0 Å². The number of rotatable bonds is 6. The summed E-state index contributed by atoms with van der Waals surface area (Å²) in [7, 11) is 0. The van der Waals surface area contributed by atoms with Gasteiger partial charge in [-0.25, -0.2) is 14.7 Å². The predicted molar refractivity (Wildman–Crippen MR) is 93.3 cm³/mol. The molecule has 5 nitrogen and oxygen atoms in total. The molecule has 0 fully saturated rings. The van der Waals surface area contributed by atoms with E-state index in [2.05, 4.69) is 9.97 Å². The highest BCUT2D eigenvalue weighted by Crippen LogP contribution is 2.25. The van der Waals surface area contributed by atoms with Crippen molar-refractivity contribution in [2.45, 2.75) is 12.8 Å². The highest BCUT2D eigenvalue weighted by molar-refractivity contribution is 5.95. The van der Waals surface area contributed by atoms with E-state index in [1.807, 2.05) is 60.7 Å². The number of hydrogen-bond acceptors (Lipinski definition) is 3. The smallest absolute Gasteiger partial charge is 0.418 e. The number of nitrogens with one attached hydrogen (secondary N) is 1. The number of para-hydroxylation sites is 2. The van der Waals surface area contributed by atoms with Crippen LogP contribution < -0.4 is 4.90 Å². The molecule has 1 aromatic heterocycles. The number of hydrogen-bond donors (Lipinski definition) is 1. The molecule has 1 amide bonds. The van der Waals surface area contributed by atoms with Crippen molar-refractivity contribution < 1.29 is 9.53 Å². The van der Waals surface area contributed by atoms with Crippen LogP contribution in [0.15, 0.2) is 73.2 Å². The number of amides is 1. The first kappa shape index (κ1) is 15.8. The molecule has 0 atom stereocenters. The second-order valence-corrected chi connectivity index (χ2v) is 5.30. The van der Waals surface area contributed by atoms with Crippen LogP contribution in [0.2, 0.25) is 0 Å². The number of benzene rings is 2. The third-order valence-electron chi connectivity index (χ3n) is 3.58. The van der Waals surface area contributed by atoms with Crippen LogP contribution in [0.5, 0.6) is 0 Å². The molecule has 0 saturated carbocycles. The quantitative estimate of drug-likeness (QED) is 0.688. The fourth-order valence-electron chi connectivity index (χ4n) is 2.42. The summed E-state index contributed by atoms with van der Waals surface area (Å²) in [6, 6.07) is 19.0. The molecule has 0 saturated heterocycles. The second-order valence-electron chi connectivity index (χ2n) is 5.30. The minimum Gasteiger partial charge on any atom is -0.449 e. The first-order valence-electron chi connectivity index (χ1n) is 7.89. The minimum atomic E-state index is -0.378. The summed E-state index contributed by atoms with van der Waals surface area (Å²) in [5.41, 5.74) is 2.60. The molecule has 0 radical (unpaired) electrons. The van der Waals surface area contributed by atoms with E-state index < -0.39 is 0 Å². The maximum Gasteiger partial charge on any atom is 0.418 e. The van der Waals surface area contributed by atoms with Crippen molar-refractivity contribution in [2.75, 3.05) is 11.5 Å². The van der Waals surface area contributed by atoms with Gasteiger partial charge in [-0.2, -0.15) is 0 Å². The molecule has 0 aliphatic heterocycles. The lowest BCUT2D eigenvalue weighted by atomic mass is 10.2. The number of carbonyl (C=O) groups is 1. The summed E-state index contributed by atoms with van der Waals surface area (Å²) in [4.78, 5) is 21.2. The first-order chi connectivity index (χ1) is 11.8. The van der Waals surface area contributed by atoms with Crippen molar-refractivity contribution in [3.8, 4) is 0 Å². The molecule has 122 valence electrons. The molecular weight excluding hydrogens is 302 g/mol. The molecule has 0 spiro atoms. The van der Waals surface area contributed by atoms with Crippen molar-refractivity contribution in [1.29, 1.82) is 0 Å². The lowest BCUT2D eigenvalue weighted by molar-refractivity contribution is 0.155. The van der Waals surface area contributed by atoms with E-state index in [0.29, 0.717) is 6.61 Å². The van der Waals surface area contributed by atoms with E-state index in [9.17, 15) is 4.79 Å². The van der Waals surface area contributed by atoms with Gasteiger partial charge in [0, 0.05) is 11.9 Å². The third kappa shape index (κ3) is 4.01. The topological polar surface area (TPSA) is 58.2 Å². The lowest BCUT2D eigenvalue weighted by Crippen LogP contribution is -2.27. The van der Waals surface area contributed by atoms with Crippen LogP contribution in [-0.2, 0) is 11.2 Å². The van der Waals surface area contributed by atoms with Crippen molar-refractivity contribution in [3.05, 3.63) is 78.9 Å². The Morgan fingerprint density at radius 3 is 2.17 bits per heavy atom.